The van der Waals surface area contributed by atoms with E-state index in [1.165, 1.54) is 0 Å². The second-order valence-corrected chi connectivity index (χ2v) is 15.6. The zero-order valence-electron chi connectivity index (χ0n) is 31.2. The van der Waals surface area contributed by atoms with E-state index in [-0.39, 0.29) is 24.6 Å². The first-order valence-electron chi connectivity index (χ1n) is 18.5. The fourth-order valence-electron chi connectivity index (χ4n) is 8.87. The van der Waals surface area contributed by atoms with E-state index in [9.17, 15) is 19.5 Å². The van der Waals surface area contributed by atoms with E-state index in [0.29, 0.717) is 68.9 Å². The van der Waals surface area contributed by atoms with E-state index < -0.39 is 46.9 Å². The molecule has 1 aromatic rings. The third-order valence-corrected chi connectivity index (χ3v) is 11.4. The standard InChI is InChI=1S/C37H55N7O8/c1-35(2,3)52-33(46)42-24(11-9-17-40-32(38)39-4)31(45)41-21-23-10-7-8-18-44(23)34(47)50-26-14-15-37(48)27-20-22-12-13-25(49-6)29-28(22)36(37,30(26)51-29)16-19-43(27)5/h12-14,23-24,27,30,48H,7-11,15-21H2,1-6H3,(H,41,45)(H,42,46)(H3,38,39,40)/t23?,24-,27?,30-,36-,37+/m0/s1. The quantitative estimate of drug-likeness (QED) is 0.118. The molecule has 15 heteroatoms. The van der Waals surface area contributed by atoms with Crippen LogP contribution in [0.5, 0.6) is 11.5 Å². The minimum atomic E-state index is -1.11. The predicted octanol–water partition coefficient (Wildman–Crippen LogP) is 2.50. The van der Waals surface area contributed by atoms with E-state index in [1.807, 2.05) is 12.1 Å². The molecule has 3 aliphatic heterocycles. The first-order chi connectivity index (χ1) is 24.7. The Kier molecular flexibility index (Phi) is 10.6. The summed E-state index contributed by atoms with van der Waals surface area (Å²) in [5.41, 5.74) is -0.560. The van der Waals surface area contributed by atoms with Crippen molar-refractivity contribution in [3.05, 3.63) is 35.1 Å². The molecule has 52 heavy (non-hydrogen) atoms. The maximum absolute atomic E-state index is 14.0. The summed E-state index contributed by atoms with van der Waals surface area (Å²) >= 11 is 0. The van der Waals surface area contributed by atoms with Crippen molar-refractivity contribution in [2.75, 3.05) is 47.4 Å². The summed E-state index contributed by atoms with van der Waals surface area (Å²) in [5, 5.41) is 31.5. The summed E-state index contributed by atoms with van der Waals surface area (Å²) in [5.74, 6) is 1.36. The highest BCUT2D eigenvalue weighted by atomic mass is 16.6. The number of benzene rings is 1. The van der Waals surface area contributed by atoms with Crippen LogP contribution in [0.15, 0.2) is 24.0 Å². The van der Waals surface area contributed by atoms with Crippen LogP contribution < -0.4 is 30.7 Å². The number of amides is 3. The molecule has 6 rings (SSSR count). The number of carbonyl (C=O) groups excluding carboxylic acids is 3. The van der Waals surface area contributed by atoms with Gasteiger partial charge in [-0.1, -0.05) is 6.07 Å². The Bertz CT molecular complexity index is 1600. The van der Waals surface area contributed by atoms with Crippen LogP contribution in [0.25, 0.3) is 0 Å². The van der Waals surface area contributed by atoms with E-state index in [1.54, 1.807) is 39.8 Å². The van der Waals surface area contributed by atoms with Gasteiger partial charge in [0.15, 0.2) is 23.6 Å². The number of nitrogens with one attached hydrogen (secondary N) is 5. The summed E-state index contributed by atoms with van der Waals surface area (Å²) in [7, 11) is 5.29. The van der Waals surface area contributed by atoms with Crippen molar-refractivity contribution >= 4 is 24.1 Å². The van der Waals surface area contributed by atoms with Gasteiger partial charge >= 0.3 is 12.2 Å². The van der Waals surface area contributed by atoms with Crippen molar-refractivity contribution in [3.8, 4) is 11.5 Å². The Balaban J connectivity index is 1.15. The largest absolute Gasteiger partial charge is 0.493 e. The highest BCUT2D eigenvalue weighted by molar-refractivity contribution is 5.85. The molecule has 1 aromatic carbocycles. The molecule has 1 spiro atoms. The third kappa shape index (κ3) is 6.84. The molecular formula is C37H55N7O8. The molecule has 0 radical (unpaired) electrons. The first kappa shape index (κ1) is 37.5. The van der Waals surface area contributed by atoms with Crippen LogP contribution in [0.2, 0.25) is 0 Å². The highest BCUT2D eigenvalue weighted by Gasteiger charge is 2.72. The van der Waals surface area contributed by atoms with Gasteiger partial charge in [-0.2, -0.15) is 0 Å². The Labute approximate surface area is 305 Å². The van der Waals surface area contributed by atoms with Gasteiger partial charge in [0.05, 0.1) is 24.2 Å². The number of rotatable bonds is 10. The van der Waals surface area contributed by atoms with Crippen molar-refractivity contribution in [2.24, 2.45) is 0 Å². The molecule has 0 aromatic heterocycles. The number of likely N-dealkylation sites (tertiary alicyclic amines) is 2. The molecule has 6 atom stereocenters. The Hall–Kier alpha value is -4.24. The normalized spacial score (nSPS) is 27.9. The third-order valence-electron chi connectivity index (χ3n) is 11.4. The lowest BCUT2D eigenvalue weighted by atomic mass is 9.50. The van der Waals surface area contributed by atoms with Gasteiger partial charge in [-0.05, 0) is 97.0 Å². The fraction of sp³-hybridized carbons (Fsp3) is 0.676. The molecule has 5 aliphatic rings. The maximum Gasteiger partial charge on any atom is 0.415 e. The number of alkyl carbamates (subject to hydrolysis) is 1. The van der Waals surface area contributed by atoms with Gasteiger partial charge in [0.25, 0.3) is 0 Å². The van der Waals surface area contributed by atoms with Gasteiger partial charge in [-0.3, -0.25) is 10.2 Å². The zero-order valence-corrected chi connectivity index (χ0v) is 31.2. The summed E-state index contributed by atoms with van der Waals surface area (Å²) in [4.78, 5) is 44.1. The number of piperidine rings is 2. The number of hydrogen-bond acceptors (Lipinski definition) is 10. The van der Waals surface area contributed by atoms with Gasteiger partial charge in [0.2, 0.25) is 5.91 Å². The molecule has 2 unspecified atom stereocenters. The van der Waals surface area contributed by atoms with Crippen LogP contribution in [0, 0.1) is 5.41 Å². The lowest BCUT2D eigenvalue weighted by Crippen LogP contribution is -2.74. The second-order valence-electron chi connectivity index (χ2n) is 15.6. The topological polar surface area (TPSA) is 187 Å². The molecule has 3 heterocycles. The number of carbonyl (C=O) groups is 3. The molecule has 2 bridgehead atoms. The molecule has 2 aliphatic carbocycles. The SMILES string of the molecule is CNC(=N)NCCC[C@H](NC(=O)OC(C)(C)C)C(=O)NCC1CCCCN1C(=O)OC1=CC[C@@]2(O)C3Cc4ccc(OC)c5c4[C@@]2(CCN3C)[C@H]1O5. The van der Waals surface area contributed by atoms with E-state index >= 15 is 0 Å². The summed E-state index contributed by atoms with van der Waals surface area (Å²) in [6.45, 7) is 7.07. The average Bonchev–Trinajstić information content (AvgIpc) is 3.46. The summed E-state index contributed by atoms with van der Waals surface area (Å²) < 4.78 is 24.0. The van der Waals surface area contributed by atoms with Gasteiger partial charge in [-0.15, -0.1) is 0 Å². The Morgan fingerprint density at radius 1 is 1.17 bits per heavy atom. The highest BCUT2D eigenvalue weighted by Crippen LogP contribution is 2.65. The monoisotopic (exact) mass is 725 g/mol. The minimum Gasteiger partial charge on any atom is -0.493 e. The number of nitrogens with zero attached hydrogens (tertiary/aromatic N) is 2. The van der Waals surface area contributed by atoms with Crippen LogP contribution in [0.1, 0.15) is 76.8 Å². The lowest BCUT2D eigenvalue weighted by molar-refractivity contribution is -0.163. The van der Waals surface area contributed by atoms with Crippen molar-refractivity contribution in [1.29, 1.82) is 5.41 Å². The van der Waals surface area contributed by atoms with Gasteiger partial charge in [0.1, 0.15) is 17.4 Å². The first-order valence-corrected chi connectivity index (χ1v) is 18.5. The fourth-order valence-corrected chi connectivity index (χ4v) is 8.87. The number of aliphatic hydroxyl groups is 1. The minimum absolute atomic E-state index is 0.116. The molecule has 15 nitrogen and oxygen atoms in total. The molecule has 286 valence electrons. The van der Waals surface area contributed by atoms with E-state index in [4.69, 9.17) is 24.4 Å². The summed E-state index contributed by atoms with van der Waals surface area (Å²) in [6.07, 6.45) is 4.67. The Morgan fingerprint density at radius 3 is 2.69 bits per heavy atom. The molecule has 6 N–H and O–H groups in total. The number of hydrogen-bond donors (Lipinski definition) is 6. The van der Waals surface area contributed by atoms with E-state index in [2.05, 4.69) is 39.3 Å². The van der Waals surface area contributed by atoms with Gasteiger partial charge < -0.3 is 55.1 Å². The van der Waals surface area contributed by atoms with Crippen LogP contribution in [0.4, 0.5) is 9.59 Å². The molecule has 2 saturated heterocycles. The molecular weight excluding hydrogens is 670 g/mol. The number of guanidine groups is 1. The van der Waals surface area contributed by atoms with Gasteiger partial charge in [0, 0.05) is 44.7 Å². The van der Waals surface area contributed by atoms with Crippen molar-refractivity contribution in [3.63, 3.8) is 0 Å². The maximum atomic E-state index is 14.0. The van der Waals surface area contributed by atoms with E-state index in [0.717, 1.165) is 30.5 Å². The van der Waals surface area contributed by atoms with Crippen molar-refractivity contribution in [2.45, 2.75) is 113 Å². The number of likely N-dealkylation sites (N-methyl/N-ethyl adjacent to an activating group) is 1. The number of methoxy groups -OCH3 is 1. The van der Waals surface area contributed by atoms with Crippen molar-refractivity contribution in [1.82, 2.24) is 31.1 Å². The lowest BCUT2D eigenvalue weighted by Gasteiger charge is -2.61. The average molecular weight is 726 g/mol. The van der Waals surface area contributed by atoms with Crippen LogP contribution >= 0.6 is 0 Å². The molecule has 2 fully saturated rings. The van der Waals surface area contributed by atoms with Crippen molar-refractivity contribution < 1.29 is 38.4 Å². The predicted molar refractivity (Wildman–Crippen MR) is 192 cm³/mol. The van der Waals surface area contributed by atoms with Crippen LogP contribution in [-0.2, 0) is 26.1 Å². The molecule has 0 saturated carbocycles. The zero-order chi connectivity index (χ0) is 37.4. The smallest absolute Gasteiger partial charge is 0.415 e. The Morgan fingerprint density at radius 2 is 1.96 bits per heavy atom. The molecule has 3 amide bonds. The van der Waals surface area contributed by atoms with Crippen LogP contribution in [0.3, 0.4) is 0 Å². The summed E-state index contributed by atoms with van der Waals surface area (Å²) in [6, 6.07) is 2.64. The number of ether oxygens (including phenoxy) is 4. The van der Waals surface area contributed by atoms with Crippen LogP contribution in [-0.4, -0.2) is 122 Å². The second kappa shape index (κ2) is 14.6. The van der Waals surface area contributed by atoms with Gasteiger partial charge in [-0.25, -0.2) is 9.59 Å².